The van der Waals surface area contributed by atoms with Gasteiger partial charge in [0.25, 0.3) is 0 Å². The molecule has 0 saturated heterocycles. The van der Waals surface area contributed by atoms with Crippen LogP contribution in [-0.4, -0.2) is 25.2 Å². The molecule has 0 fully saturated rings. The zero-order valence-electron chi connectivity index (χ0n) is 12.8. The molecule has 0 aromatic carbocycles. The van der Waals surface area contributed by atoms with Crippen LogP contribution in [0, 0.1) is 5.92 Å². The average Bonchev–Trinajstić information content (AvgIpc) is 3.27. The van der Waals surface area contributed by atoms with Gasteiger partial charge in [-0.05, 0) is 17.9 Å². The Morgan fingerprint density at radius 2 is 2.39 bits per heavy atom. The molecular formula is C16H17N5OS. The average molecular weight is 327 g/mol. The van der Waals surface area contributed by atoms with E-state index in [0.29, 0.717) is 0 Å². The largest absolute Gasteiger partial charge is 0.335 e. The third kappa shape index (κ3) is 2.68. The van der Waals surface area contributed by atoms with E-state index in [4.69, 9.17) is 0 Å². The smallest absolute Gasteiger partial charge is 0.229 e. The van der Waals surface area contributed by atoms with Gasteiger partial charge in [0, 0.05) is 54.8 Å². The van der Waals surface area contributed by atoms with Crippen LogP contribution in [0.25, 0.3) is 11.3 Å². The normalized spacial score (nSPS) is 17.0. The van der Waals surface area contributed by atoms with Gasteiger partial charge in [-0.25, -0.2) is 4.98 Å². The molecule has 1 atom stereocenters. The highest BCUT2D eigenvalue weighted by Crippen LogP contribution is 2.25. The molecule has 118 valence electrons. The Balaban J connectivity index is 1.49. The van der Waals surface area contributed by atoms with Crippen molar-refractivity contribution < 1.29 is 4.79 Å². The summed E-state index contributed by atoms with van der Waals surface area (Å²) in [5.41, 5.74) is 3.08. The van der Waals surface area contributed by atoms with Crippen molar-refractivity contribution >= 4 is 23.1 Å². The number of nitrogens with one attached hydrogen (secondary N) is 1. The van der Waals surface area contributed by atoms with Crippen LogP contribution < -0.4 is 5.32 Å². The number of hydrogen-bond donors (Lipinski definition) is 1. The molecule has 0 bridgehead atoms. The van der Waals surface area contributed by atoms with Crippen LogP contribution in [-0.2, 0) is 24.8 Å². The Morgan fingerprint density at radius 1 is 1.48 bits per heavy atom. The summed E-state index contributed by atoms with van der Waals surface area (Å²) < 4.78 is 3.83. The molecule has 6 nitrogen and oxygen atoms in total. The number of imidazole rings is 1. The molecule has 3 aromatic rings. The zero-order chi connectivity index (χ0) is 15.8. The van der Waals surface area contributed by atoms with Gasteiger partial charge in [-0.2, -0.15) is 16.4 Å². The predicted octanol–water partition coefficient (Wildman–Crippen LogP) is 2.55. The summed E-state index contributed by atoms with van der Waals surface area (Å²) in [6, 6.07) is 3.95. The summed E-state index contributed by atoms with van der Waals surface area (Å²) in [5, 5.41) is 11.6. The van der Waals surface area contributed by atoms with E-state index in [-0.39, 0.29) is 11.8 Å². The van der Waals surface area contributed by atoms with Crippen LogP contribution >= 0.6 is 11.3 Å². The minimum atomic E-state index is -0.0151. The van der Waals surface area contributed by atoms with Gasteiger partial charge in [0.1, 0.15) is 5.82 Å². The van der Waals surface area contributed by atoms with Gasteiger partial charge in [-0.1, -0.05) is 0 Å². The lowest BCUT2D eigenvalue weighted by Crippen LogP contribution is -2.30. The van der Waals surface area contributed by atoms with Crippen LogP contribution in [0.15, 0.2) is 35.4 Å². The van der Waals surface area contributed by atoms with E-state index in [0.717, 1.165) is 42.2 Å². The number of amides is 1. The molecule has 3 aromatic heterocycles. The van der Waals surface area contributed by atoms with Gasteiger partial charge >= 0.3 is 0 Å². The van der Waals surface area contributed by atoms with Crippen LogP contribution in [0.5, 0.6) is 0 Å². The second-order valence-electron chi connectivity index (χ2n) is 5.81. The summed E-state index contributed by atoms with van der Waals surface area (Å²) in [6.07, 6.45) is 5.25. The van der Waals surface area contributed by atoms with Crippen LogP contribution in [0.1, 0.15) is 12.1 Å². The molecule has 4 heterocycles. The highest BCUT2D eigenvalue weighted by Gasteiger charge is 2.25. The van der Waals surface area contributed by atoms with E-state index < -0.39 is 0 Å². The van der Waals surface area contributed by atoms with Crippen LogP contribution in [0.4, 0.5) is 5.82 Å². The third-order valence-corrected chi connectivity index (χ3v) is 4.97. The van der Waals surface area contributed by atoms with Crippen molar-refractivity contribution in [2.45, 2.75) is 19.4 Å². The molecule has 23 heavy (non-hydrogen) atoms. The van der Waals surface area contributed by atoms with Crippen molar-refractivity contribution in [1.29, 1.82) is 0 Å². The third-order valence-electron chi connectivity index (χ3n) is 4.29. The Kier molecular flexibility index (Phi) is 3.49. The van der Waals surface area contributed by atoms with Crippen LogP contribution in [0.3, 0.4) is 0 Å². The first-order valence-electron chi connectivity index (χ1n) is 7.57. The van der Waals surface area contributed by atoms with Gasteiger partial charge in [-0.3, -0.25) is 9.48 Å². The number of thiophene rings is 1. The van der Waals surface area contributed by atoms with E-state index in [1.54, 1.807) is 16.0 Å². The fraction of sp³-hybridized carbons (Fsp3) is 0.312. The van der Waals surface area contributed by atoms with Crippen molar-refractivity contribution in [3.05, 3.63) is 41.1 Å². The lowest BCUT2D eigenvalue weighted by atomic mass is 9.95. The lowest BCUT2D eigenvalue weighted by molar-refractivity contribution is -0.120. The van der Waals surface area contributed by atoms with Crippen molar-refractivity contribution in [3.63, 3.8) is 0 Å². The summed E-state index contributed by atoms with van der Waals surface area (Å²) in [7, 11) is 1.85. The maximum absolute atomic E-state index is 12.6. The molecule has 1 aliphatic heterocycles. The fourth-order valence-corrected chi connectivity index (χ4v) is 3.61. The summed E-state index contributed by atoms with van der Waals surface area (Å²) in [4.78, 5) is 16.7. The molecular weight excluding hydrogens is 310 g/mol. The maximum Gasteiger partial charge on any atom is 0.229 e. The number of carbonyl (C=O) groups excluding carboxylic acids is 1. The minimum Gasteiger partial charge on any atom is -0.335 e. The number of fused-ring (bicyclic) bond motifs is 1. The van der Waals surface area contributed by atoms with Gasteiger partial charge < -0.3 is 9.88 Å². The van der Waals surface area contributed by atoms with E-state index in [1.165, 1.54) is 0 Å². The SMILES string of the molecule is Cn1nc(-c2ccsc2)cc1NC(=O)C1CCn2cncc2C1. The molecule has 1 amide bonds. The lowest BCUT2D eigenvalue weighted by Gasteiger charge is -2.22. The highest BCUT2D eigenvalue weighted by atomic mass is 32.1. The van der Waals surface area contributed by atoms with Crippen molar-refractivity contribution in [1.82, 2.24) is 19.3 Å². The van der Waals surface area contributed by atoms with Gasteiger partial charge in [-0.15, -0.1) is 0 Å². The van der Waals surface area contributed by atoms with E-state index in [2.05, 4.69) is 25.3 Å². The Labute approximate surface area is 137 Å². The van der Waals surface area contributed by atoms with E-state index in [9.17, 15) is 4.79 Å². The predicted molar refractivity (Wildman–Crippen MR) is 89.2 cm³/mol. The molecule has 1 unspecified atom stereocenters. The summed E-state index contributed by atoms with van der Waals surface area (Å²) in [5.74, 6) is 0.770. The van der Waals surface area contributed by atoms with Crippen molar-refractivity contribution in [2.24, 2.45) is 13.0 Å². The van der Waals surface area contributed by atoms with E-state index >= 15 is 0 Å². The number of carbonyl (C=O) groups is 1. The molecule has 0 spiro atoms. The quantitative estimate of drug-likeness (QED) is 0.804. The second kappa shape index (κ2) is 5.66. The Hall–Kier alpha value is -2.41. The number of rotatable bonds is 3. The molecule has 1 aliphatic rings. The number of anilines is 1. The Bertz CT molecular complexity index is 833. The topological polar surface area (TPSA) is 64.7 Å². The number of aromatic nitrogens is 4. The fourth-order valence-electron chi connectivity index (χ4n) is 2.96. The van der Waals surface area contributed by atoms with Crippen molar-refractivity contribution in [3.8, 4) is 11.3 Å². The molecule has 7 heteroatoms. The first kappa shape index (κ1) is 14.2. The molecule has 4 rings (SSSR count). The highest BCUT2D eigenvalue weighted by molar-refractivity contribution is 7.08. The van der Waals surface area contributed by atoms with Gasteiger partial charge in [0.15, 0.2) is 0 Å². The number of nitrogens with zero attached hydrogens (tertiary/aromatic N) is 4. The number of hydrogen-bond acceptors (Lipinski definition) is 4. The first-order chi connectivity index (χ1) is 11.2. The summed E-state index contributed by atoms with van der Waals surface area (Å²) >= 11 is 1.64. The van der Waals surface area contributed by atoms with E-state index in [1.807, 2.05) is 37.1 Å². The van der Waals surface area contributed by atoms with Gasteiger partial charge in [0.2, 0.25) is 5.91 Å². The molecule has 1 N–H and O–H groups in total. The summed E-state index contributed by atoms with van der Waals surface area (Å²) in [6.45, 7) is 0.846. The second-order valence-corrected chi connectivity index (χ2v) is 6.59. The van der Waals surface area contributed by atoms with Crippen LogP contribution in [0.2, 0.25) is 0 Å². The monoisotopic (exact) mass is 327 g/mol. The zero-order valence-corrected chi connectivity index (χ0v) is 13.6. The molecule has 0 radical (unpaired) electrons. The first-order valence-corrected chi connectivity index (χ1v) is 8.51. The number of aryl methyl sites for hydroxylation is 2. The molecule has 0 aliphatic carbocycles. The maximum atomic E-state index is 12.6. The van der Waals surface area contributed by atoms with Gasteiger partial charge in [0.05, 0.1) is 12.0 Å². The Morgan fingerprint density at radius 3 is 3.22 bits per heavy atom. The minimum absolute atomic E-state index is 0.0151. The van der Waals surface area contributed by atoms with Crippen molar-refractivity contribution in [2.75, 3.05) is 5.32 Å². The standard InChI is InChI=1S/C16H17N5OS/c1-20-15(7-14(19-20)12-3-5-23-9-12)18-16(22)11-2-4-21-10-17-8-13(21)6-11/h3,5,7-11H,2,4,6H2,1H3,(H,18,22). The molecule has 0 saturated carbocycles.